The minimum absolute atomic E-state index is 0.0648. The number of hydrogen-bond acceptors (Lipinski definition) is 7. The van der Waals surface area contributed by atoms with Crippen LogP contribution in [0.2, 0.25) is 0 Å². The van der Waals surface area contributed by atoms with E-state index in [2.05, 4.69) is 20.6 Å². The van der Waals surface area contributed by atoms with Gasteiger partial charge >= 0.3 is 5.97 Å². The van der Waals surface area contributed by atoms with Gasteiger partial charge in [0.1, 0.15) is 0 Å². The summed E-state index contributed by atoms with van der Waals surface area (Å²) in [6, 6.07) is 0. The summed E-state index contributed by atoms with van der Waals surface area (Å²) in [6.45, 7) is 0.510. The second-order valence-corrected chi connectivity index (χ2v) is 5.88. The van der Waals surface area contributed by atoms with Gasteiger partial charge in [-0.15, -0.1) is 0 Å². The third kappa shape index (κ3) is 3.05. The van der Waals surface area contributed by atoms with Crippen molar-refractivity contribution in [2.75, 3.05) is 29.5 Å². The predicted octanol–water partition coefficient (Wildman–Crippen LogP) is 0.413. The molecular formula is C15H20N6O3. The number of nitrogens with two attached hydrogens (primary N) is 1. The van der Waals surface area contributed by atoms with E-state index in [0.717, 1.165) is 11.4 Å². The van der Waals surface area contributed by atoms with Crippen LogP contribution in [0.15, 0.2) is 28.5 Å². The van der Waals surface area contributed by atoms with Crippen LogP contribution in [0.1, 0.15) is 19.3 Å². The minimum Gasteiger partial charge on any atom is -0.481 e. The highest BCUT2D eigenvalue weighted by atomic mass is 16.4. The quantitative estimate of drug-likeness (QED) is 0.535. The average molecular weight is 332 g/mol. The number of nitrogen functional groups attached to an aromatic ring is 1. The number of likely N-dealkylation sites (N-methyl/N-ethyl adjacent to an activating group) is 1. The minimum atomic E-state index is -0.744. The molecule has 1 aliphatic heterocycles. The van der Waals surface area contributed by atoms with E-state index >= 15 is 0 Å². The number of aliphatic carboxylic acids is 1. The number of H-pyrrole nitrogens is 1. The first-order valence-corrected chi connectivity index (χ1v) is 7.70. The molecule has 0 spiro atoms. The third-order valence-electron chi connectivity index (χ3n) is 4.31. The lowest BCUT2D eigenvalue weighted by molar-refractivity contribution is -0.141. The van der Waals surface area contributed by atoms with Gasteiger partial charge in [0.05, 0.1) is 18.2 Å². The Labute approximate surface area is 138 Å². The van der Waals surface area contributed by atoms with Crippen LogP contribution in [0.25, 0.3) is 0 Å². The highest BCUT2D eigenvalue weighted by Gasteiger charge is 2.23. The van der Waals surface area contributed by atoms with Crippen molar-refractivity contribution in [2.45, 2.75) is 19.3 Å². The van der Waals surface area contributed by atoms with Crippen molar-refractivity contribution >= 4 is 23.4 Å². The average Bonchev–Trinajstić information content (AvgIpc) is 2.54. The van der Waals surface area contributed by atoms with Gasteiger partial charge in [0, 0.05) is 18.9 Å². The smallest absolute Gasteiger partial charge is 0.306 e. The third-order valence-corrected chi connectivity index (χ3v) is 4.31. The number of carbonyl (C=O) groups is 1. The summed E-state index contributed by atoms with van der Waals surface area (Å²) in [7, 11) is 1.79. The van der Waals surface area contributed by atoms with E-state index in [9.17, 15) is 9.59 Å². The van der Waals surface area contributed by atoms with Crippen LogP contribution < -0.4 is 26.8 Å². The van der Waals surface area contributed by atoms with Crippen molar-refractivity contribution in [3.05, 3.63) is 34.0 Å². The zero-order valence-electron chi connectivity index (χ0n) is 13.3. The van der Waals surface area contributed by atoms with Crippen molar-refractivity contribution in [3.63, 3.8) is 0 Å². The number of anilines is 3. The standard InChI is InChI=1S/C15H20N6O3/c1-21-10(6-17-9-4-2-8(3-5-9)14(23)24)7-18-12-11(21)13(22)20-15(16)19-12/h4,7-8,17H,2-3,5-6H2,1H3,(H,23,24)(H4,16,18,19,20,22). The van der Waals surface area contributed by atoms with Gasteiger partial charge in [-0.05, 0) is 19.3 Å². The fraction of sp³-hybridized carbons (Fsp3) is 0.400. The predicted molar refractivity (Wildman–Crippen MR) is 90.4 cm³/mol. The van der Waals surface area contributed by atoms with Gasteiger partial charge in [-0.2, -0.15) is 4.98 Å². The molecule has 24 heavy (non-hydrogen) atoms. The summed E-state index contributed by atoms with van der Waals surface area (Å²) in [5.41, 5.74) is 7.53. The highest BCUT2D eigenvalue weighted by Crippen LogP contribution is 2.26. The van der Waals surface area contributed by atoms with Gasteiger partial charge in [0.2, 0.25) is 5.95 Å². The number of aromatic nitrogens is 2. The molecule has 1 aromatic rings. The number of allylic oxidation sites excluding steroid dienone is 2. The fourth-order valence-electron chi connectivity index (χ4n) is 2.88. The van der Waals surface area contributed by atoms with E-state index in [1.54, 1.807) is 18.1 Å². The molecule has 9 heteroatoms. The molecule has 0 saturated carbocycles. The maximum absolute atomic E-state index is 12.1. The number of hydrogen-bond donors (Lipinski definition) is 5. The van der Waals surface area contributed by atoms with Crippen LogP contribution >= 0.6 is 0 Å². The summed E-state index contributed by atoms with van der Waals surface area (Å²) >= 11 is 0. The summed E-state index contributed by atoms with van der Waals surface area (Å²) < 4.78 is 0. The summed E-state index contributed by atoms with van der Waals surface area (Å²) in [5, 5.41) is 15.3. The molecule has 1 aromatic heterocycles. The van der Waals surface area contributed by atoms with Gasteiger partial charge in [-0.1, -0.05) is 6.08 Å². The van der Waals surface area contributed by atoms with Crippen LogP contribution in [0, 0.1) is 5.92 Å². The molecule has 2 heterocycles. The lowest BCUT2D eigenvalue weighted by Crippen LogP contribution is -2.35. The van der Waals surface area contributed by atoms with Gasteiger partial charge < -0.3 is 26.4 Å². The summed E-state index contributed by atoms with van der Waals surface area (Å²) in [4.78, 5) is 31.3. The monoisotopic (exact) mass is 332 g/mol. The maximum atomic E-state index is 12.1. The molecule has 0 aromatic carbocycles. The van der Waals surface area contributed by atoms with Crippen LogP contribution in [-0.2, 0) is 4.79 Å². The van der Waals surface area contributed by atoms with Crippen molar-refractivity contribution < 1.29 is 9.90 Å². The molecule has 3 rings (SSSR count). The number of nitrogens with zero attached hydrogens (tertiary/aromatic N) is 2. The number of rotatable bonds is 4. The topological polar surface area (TPSA) is 136 Å². The van der Waals surface area contributed by atoms with Crippen molar-refractivity contribution in [2.24, 2.45) is 5.92 Å². The molecule has 0 bridgehead atoms. The van der Waals surface area contributed by atoms with E-state index in [4.69, 9.17) is 10.8 Å². The second kappa shape index (κ2) is 6.26. The van der Waals surface area contributed by atoms with Crippen LogP contribution in [0.5, 0.6) is 0 Å². The van der Waals surface area contributed by atoms with E-state index in [-0.39, 0.29) is 17.4 Å². The lowest BCUT2D eigenvalue weighted by atomic mass is 9.92. The molecule has 9 nitrogen and oxygen atoms in total. The Morgan fingerprint density at radius 1 is 1.58 bits per heavy atom. The lowest BCUT2D eigenvalue weighted by Gasteiger charge is -2.29. The molecule has 2 aliphatic rings. The number of carboxylic acids is 1. The zero-order chi connectivity index (χ0) is 17.3. The number of aromatic amines is 1. The number of fused-ring (bicyclic) bond motifs is 1. The molecule has 1 aliphatic carbocycles. The van der Waals surface area contributed by atoms with E-state index in [1.807, 2.05) is 6.08 Å². The van der Waals surface area contributed by atoms with Gasteiger partial charge in [-0.3, -0.25) is 14.6 Å². The van der Waals surface area contributed by atoms with Crippen molar-refractivity contribution in [1.82, 2.24) is 15.3 Å². The first-order valence-electron chi connectivity index (χ1n) is 7.70. The molecular weight excluding hydrogens is 312 g/mol. The van der Waals surface area contributed by atoms with E-state index in [1.165, 1.54) is 0 Å². The van der Waals surface area contributed by atoms with E-state index < -0.39 is 5.97 Å². The summed E-state index contributed by atoms with van der Waals surface area (Å²) in [6.07, 6.45) is 5.58. The SMILES string of the molecule is CN1C(CNC2=CCC(C(=O)O)CC2)=CNc2nc(N)[nH]c(=O)c21. The Hall–Kier alpha value is -2.97. The van der Waals surface area contributed by atoms with Crippen LogP contribution in [0.3, 0.4) is 0 Å². The number of carboxylic acid groups (broad SMARTS) is 1. The largest absolute Gasteiger partial charge is 0.481 e. The Balaban J connectivity index is 1.66. The van der Waals surface area contributed by atoms with Crippen molar-refractivity contribution in [1.29, 1.82) is 0 Å². The Kier molecular flexibility index (Phi) is 4.15. The second-order valence-electron chi connectivity index (χ2n) is 5.88. The Morgan fingerprint density at radius 3 is 3.04 bits per heavy atom. The first-order chi connectivity index (χ1) is 11.5. The molecule has 0 saturated heterocycles. The molecule has 6 N–H and O–H groups in total. The van der Waals surface area contributed by atoms with Crippen molar-refractivity contribution in [3.8, 4) is 0 Å². The highest BCUT2D eigenvalue weighted by molar-refractivity contribution is 5.72. The van der Waals surface area contributed by atoms with Gasteiger partial charge in [0.15, 0.2) is 11.5 Å². The van der Waals surface area contributed by atoms with Crippen LogP contribution in [0.4, 0.5) is 17.5 Å². The molecule has 0 radical (unpaired) electrons. The molecule has 0 fully saturated rings. The normalized spacial score (nSPS) is 19.7. The Morgan fingerprint density at radius 2 is 2.38 bits per heavy atom. The Bertz CT molecular complexity index is 782. The fourth-order valence-corrected chi connectivity index (χ4v) is 2.88. The first kappa shape index (κ1) is 15.9. The molecule has 1 unspecified atom stereocenters. The van der Waals surface area contributed by atoms with Gasteiger partial charge in [-0.25, -0.2) is 0 Å². The molecule has 128 valence electrons. The van der Waals surface area contributed by atoms with Gasteiger partial charge in [0.25, 0.3) is 5.56 Å². The van der Waals surface area contributed by atoms with Crippen LogP contribution in [-0.4, -0.2) is 34.6 Å². The molecule has 1 atom stereocenters. The molecule has 0 amide bonds. The van der Waals surface area contributed by atoms with E-state index in [0.29, 0.717) is 37.3 Å². The summed E-state index contributed by atoms with van der Waals surface area (Å²) in [5.74, 6) is -0.554. The zero-order valence-corrected chi connectivity index (χ0v) is 13.3. The maximum Gasteiger partial charge on any atom is 0.306 e. The number of nitrogens with one attached hydrogen (secondary N) is 3.